The first-order valence-corrected chi connectivity index (χ1v) is 11.2. The van der Waals surface area contributed by atoms with Crippen LogP contribution in [0.25, 0.3) is 10.9 Å². The summed E-state index contributed by atoms with van der Waals surface area (Å²) in [5.41, 5.74) is 2.33. The fraction of sp³-hybridized carbons (Fsp3) is 0.160. The fourth-order valence-electron chi connectivity index (χ4n) is 3.37. The summed E-state index contributed by atoms with van der Waals surface area (Å²) in [7, 11) is 1.58. The van der Waals surface area contributed by atoms with E-state index >= 15 is 0 Å². The van der Waals surface area contributed by atoms with Gasteiger partial charge in [-0.15, -0.1) is 0 Å². The Morgan fingerprint density at radius 1 is 1.03 bits per heavy atom. The number of carbonyl (C=O) groups excluding carboxylic acids is 1. The molecular weight excluding hydrogens is 422 g/mol. The topological polar surface area (TPSA) is 73.2 Å². The van der Waals surface area contributed by atoms with E-state index in [0.717, 1.165) is 5.56 Å². The molecule has 0 aliphatic heterocycles. The molecule has 162 valence electrons. The number of nitrogens with one attached hydrogen (secondary N) is 1. The van der Waals surface area contributed by atoms with Crippen LogP contribution in [0.15, 0.2) is 88.8 Å². The summed E-state index contributed by atoms with van der Waals surface area (Å²) in [6.07, 6.45) is 0.699. The molecule has 1 aromatic heterocycles. The highest BCUT2D eigenvalue weighted by Crippen LogP contribution is 2.20. The zero-order chi connectivity index (χ0) is 22.3. The Hall–Kier alpha value is -3.58. The minimum Gasteiger partial charge on any atom is -0.497 e. The molecule has 0 saturated heterocycles. The minimum absolute atomic E-state index is 0.0952. The van der Waals surface area contributed by atoms with Gasteiger partial charge in [-0.2, -0.15) is 0 Å². The first-order chi connectivity index (χ1) is 15.6. The minimum atomic E-state index is -0.180. The van der Waals surface area contributed by atoms with E-state index in [1.54, 1.807) is 29.9 Å². The van der Waals surface area contributed by atoms with Crippen molar-refractivity contribution in [3.8, 4) is 5.75 Å². The summed E-state index contributed by atoms with van der Waals surface area (Å²) >= 11 is 1.26. The van der Waals surface area contributed by atoms with Gasteiger partial charge in [0, 0.05) is 18.3 Å². The number of rotatable bonds is 8. The molecule has 0 aliphatic carbocycles. The first kappa shape index (κ1) is 21.6. The van der Waals surface area contributed by atoms with Gasteiger partial charge in [-0.25, -0.2) is 4.98 Å². The van der Waals surface area contributed by atoms with Crippen molar-refractivity contribution in [3.63, 3.8) is 0 Å². The number of methoxy groups -OCH3 is 1. The lowest BCUT2D eigenvalue weighted by atomic mass is 10.1. The quantitative estimate of drug-likeness (QED) is 0.322. The number of hydrogen-bond donors (Lipinski definition) is 1. The van der Waals surface area contributed by atoms with Crippen LogP contribution in [0.3, 0.4) is 0 Å². The second kappa shape index (κ2) is 10.2. The van der Waals surface area contributed by atoms with Crippen LogP contribution in [0.2, 0.25) is 0 Å². The number of aromatic nitrogens is 2. The Labute approximate surface area is 190 Å². The highest BCUT2D eigenvalue weighted by Gasteiger charge is 2.14. The van der Waals surface area contributed by atoms with Crippen molar-refractivity contribution < 1.29 is 9.53 Å². The van der Waals surface area contributed by atoms with Crippen LogP contribution in [-0.2, 0) is 17.8 Å². The summed E-state index contributed by atoms with van der Waals surface area (Å²) < 4.78 is 6.86. The SMILES string of the molecule is COc1cccc(NC(=O)CSc2nc3ccccc3c(=O)n2CCc2ccccc2)c1. The second-order valence-electron chi connectivity index (χ2n) is 7.17. The van der Waals surface area contributed by atoms with Crippen molar-refractivity contribution in [3.05, 3.63) is 94.8 Å². The average Bonchev–Trinajstić information content (AvgIpc) is 2.83. The molecule has 0 spiro atoms. The third kappa shape index (κ3) is 5.18. The van der Waals surface area contributed by atoms with Crippen LogP contribution >= 0.6 is 11.8 Å². The van der Waals surface area contributed by atoms with E-state index in [-0.39, 0.29) is 17.2 Å². The molecule has 3 aromatic carbocycles. The van der Waals surface area contributed by atoms with Crippen LogP contribution in [0.1, 0.15) is 5.56 Å². The number of hydrogen-bond acceptors (Lipinski definition) is 5. The molecule has 0 aliphatic rings. The Bertz CT molecular complexity index is 1290. The standard InChI is InChI=1S/C25H23N3O3S/c1-31-20-11-7-10-19(16-20)26-23(29)17-32-25-27-22-13-6-5-12-21(22)24(30)28(25)15-14-18-8-3-2-4-9-18/h2-13,16H,14-15,17H2,1H3,(H,26,29). The molecule has 7 heteroatoms. The maximum absolute atomic E-state index is 13.2. The summed E-state index contributed by atoms with van der Waals surface area (Å²) in [6.45, 7) is 0.487. The second-order valence-corrected chi connectivity index (χ2v) is 8.12. The van der Waals surface area contributed by atoms with Crippen molar-refractivity contribution >= 4 is 34.3 Å². The Morgan fingerprint density at radius 2 is 1.81 bits per heavy atom. The molecule has 4 aromatic rings. The molecule has 0 atom stereocenters. The van der Waals surface area contributed by atoms with Crippen LogP contribution in [0.4, 0.5) is 5.69 Å². The number of aryl methyl sites for hydroxylation is 1. The lowest BCUT2D eigenvalue weighted by molar-refractivity contribution is -0.113. The van der Waals surface area contributed by atoms with Gasteiger partial charge in [-0.05, 0) is 36.2 Å². The van der Waals surface area contributed by atoms with Crippen molar-refractivity contribution in [2.45, 2.75) is 18.1 Å². The highest BCUT2D eigenvalue weighted by atomic mass is 32.2. The van der Waals surface area contributed by atoms with E-state index < -0.39 is 0 Å². The lowest BCUT2D eigenvalue weighted by Crippen LogP contribution is -2.25. The Kier molecular flexibility index (Phi) is 6.87. The summed E-state index contributed by atoms with van der Waals surface area (Å²) in [5.74, 6) is 0.620. The number of amides is 1. The van der Waals surface area contributed by atoms with E-state index in [2.05, 4.69) is 10.3 Å². The smallest absolute Gasteiger partial charge is 0.262 e. The molecule has 4 rings (SSSR count). The van der Waals surface area contributed by atoms with Gasteiger partial charge >= 0.3 is 0 Å². The maximum atomic E-state index is 13.2. The predicted molar refractivity (Wildman–Crippen MR) is 128 cm³/mol. The van der Waals surface area contributed by atoms with Crippen LogP contribution in [0, 0.1) is 0 Å². The zero-order valence-corrected chi connectivity index (χ0v) is 18.5. The largest absolute Gasteiger partial charge is 0.497 e. The molecule has 32 heavy (non-hydrogen) atoms. The molecule has 6 nitrogen and oxygen atoms in total. The van der Waals surface area contributed by atoms with Gasteiger partial charge in [0.25, 0.3) is 5.56 Å². The molecule has 0 bridgehead atoms. The Balaban J connectivity index is 1.54. The van der Waals surface area contributed by atoms with Gasteiger partial charge in [0.05, 0.1) is 23.8 Å². The van der Waals surface area contributed by atoms with E-state index in [0.29, 0.717) is 40.5 Å². The van der Waals surface area contributed by atoms with Crippen molar-refractivity contribution in [1.29, 1.82) is 0 Å². The maximum Gasteiger partial charge on any atom is 0.262 e. The summed E-state index contributed by atoms with van der Waals surface area (Å²) in [6, 6.07) is 24.5. The average molecular weight is 446 g/mol. The summed E-state index contributed by atoms with van der Waals surface area (Å²) in [5, 5.41) is 3.97. The number of para-hydroxylation sites is 1. The first-order valence-electron chi connectivity index (χ1n) is 10.2. The number of ether oxygens (including phenoxy) is 1. The molecule has 1 heterocycles. The van der Waals surface area contributed by atoms with Gasteiger partial charge in [0.1, 0.15) is 5.75 Å². The zero-order valence-electron chi connectivity index (χ0n) is 17.7. The van der Waals surface area contributed by atoms with Crippen molar-refractivity contribution in [1.82, 2.24) is 9.55 Å². The van der Waals surface area contributed by atoms with Gasteiger partial charge in [0.15, 0.2) is 5.16 Å². The number of benzene rings is 3. The monoisotopic (exact) mass is 445 g/mol. The molecule has 1 amide bonds. The lowest BCUT2D eigenvalue weighted by Gasteiger charge is -2.13. The fourth-order valence-corrected chi connectivity index (χ4v) is 4.19. The molecule has 1 N–H and O–H groups in total. The van der Waals surface area contributed by atoms with E-state index in [9.17, 15) is 9.59 Å². The van der Waals surface area contributed by atoms with Gasteiger partial charge in [-0.1, -0.05) is 60.3 Å². The predicted octanol–water partition coefficient (Wildman–Crippen LogP) is 4.38. The third-order valence-electron chi connectivity index (χ3n) is 4.98. The van der Waals surface area contributed by atoms with E-state index in [4.69, 9.17) is 4.74 Å². The van der Waals surface area contributed by atoms with Gasteiger partial charge in [0.2, 0.25) is 5.91 Å². The van der Waals surface area contributed by atoms with Crippen LogP contribution in [0.5, 0.6) is 5.75 Å². The molecular formula is C25H23N3O3S. The number of fused-ring (bicyclic) bond motifs is 1. The molecule has 0 unspecified atom stereocenters. The third-order valence-corrected chi connectivity index (χ3v) is 5.96. The van der Waals surface area contributed by atoms with Crippen molar-refractivity contribution in [2.75, 3.05) is 18.2 Å². The molecule has 0 fully saturated rings. The summed E-state index contributed by atoms with van der Waals surface area (Å²) in [4.78, 5) is 30.4. The Morgan fingerprint density at radius 3 is 2.62 bits per heavy atom. The number of carbonyl (C=O) groups is 1. The number of nitrogens with zero attached hydrogens (tertiary/aromatic N) is 2. The number of anilines is 1. The van der Waals surface area contributed by atoms with Gasteiger partial charge < -0.3 is 10.1 Å². The number of thioether (sulfide) groups is 1. The van der Waals surface area contributed by atoms with Crippen LogP contribution in [-0.4, -0.2) is 28.3 Å². The van der Waals surface area contributed by atoms with Gasteiger partial charge in [-0.3, -0.25) is 14.2 Å². The normalized spacial score (nSPS) is 10.8. The molecule has 0 radical (unpaired) electrons. The molecule has 0 saturated carbocycles. The van der Waals surface area contributed by atoms with Crippen LogP contribution < -0.4 is 15.6 Å². The highest BCUT2D eigenvalue weighted by molar-refractivity contribution is 7.99. The van der Waals surface area contributed by atoms with E-state index in [1.807, 2.05) is 60.7 Å². The van der Waals surface area contributed by atoms with Crippen molar-refractivity contribution in [2.24, 2.45) is 0 Å². The van der Waals surface area contributed by atoms with E-state index in [1.165, 1.54) is 11.8 Å².